The first-order chi connectivity index (χ1) is 13.7. The quantitative estimate of drug-likeness (QED) is 0.393. The highest BCUT2D eigenvalue weighted by molar-refractivity contribution is 5.78. The van der Waals surface area contributed by atoms with Gasteiger partial charge in [0.15, 0.2) is 0 Å². The molecule has 0 aromatic carbocycles. The molecule has 3 aliphatic rings. The maximum Gasteiger partial charge on any atom is 0.312 e. The Labute approximate surface area is 174 Å². The third-order valence-corrected chi connectivity index (χ3v) is 8.70. The molecular formula is C26H46O2. The molecule has 3 fully saturated rings. The third-order valence-electron chi connectivity index (χ3n) is 8.70. The predicted molar refractivity (Wildman–Crippen MR) is 117 cm³/mol. The standard InChI is InChI=1S/C26H46O2/c1-3-5-17-25(18-8-6-9-19-25)26(20-10-7-11-21-26)24(27)28-23-15-13-22(12-4-2)14-16-23/h22-23H,3-21H2,1-2H3/t22-,23-. The fourth-order valence-corrected chi connectivity index (χ4v) is 7.03. The van der Waals surface area contributed by atoms with Crippen molar-refractivity contribution >= 4 is 5.97 Å². The van der Waals surface area contributed by atoms with E-state index in [1.807, 2.05) is 0 Å². The van der Waals surface area contributed by atoms with Crippen LogP contribution in [0, 0.1) is 16.7 Å². The largest absolute Gasteiger partial charge is 0.462 e. The van der Waals surface area contributed by atoms with Crippen molar-refractivity contribution < 1.29 is 9.53 Å². The summed E-state index contributed by atoms with van der Waals surface area (Å²) in [6.07, 6.45) is 23.9. The molecule has 2 nitrogen and oxygen atoms in total. The molecule has 28 heavy (non-hydrogen) atoms. The lowest BCUT2D eigenvalue weighted by Gasteiger charge is -2.53. The first-order valence-corrected chi connectivity index (χ1v) is 12.9. The molecule has 0 atom stereocenters. The summed E-state index contributed by atoms with van der Waals surface area (Å²) in [4.78, 5) is 13.8. The molecule has 0 unspecified atom stereocenters. The van der Waals surface area contributed by atoms with E-state index in [-0.39, 0.29) is 22.9 Å². The summed E-state index contributed by atoms with van der Waals surface area (Å²) >= 11 is 0. The molecule has 0 radical (unpaired) electrons. The average molecular weight is 391 g/mol. The number of carbonyl (C=O) groups excluding carboxylic acids is 1. The van der Waals surface area contributed by atoms with Crippen LogP contribution in [-0.4, -0.2) is 12.1 Å². The van der Waals surface area contributed by atoms with Crippen LogP contribution in [0.2, 0.25) is 0 Å². The molecule has 0 saturated heterocycles. The zero-order valence-electron chi connectivity index (χ0n) is 18.9. The van der Waals surface area contributed by atoms with E-state index >= 15 is 0 Å². The Morgan fingerprint density at radius 3 is 2.00 bits per heavy atom. The normalized spacial score (nSPS) is 29.9. The smallest absolute Gasteiger partial charge is 0.312 e. The highest BCUT2D eigenvalue weighted by Crippen LogP contribution is 2.60. The van der Waals surface area contributed by atoms with Gasteiger partial charge in [-0.05, 0) is 69.1 Å². The van der Waals surface area contributed by atoms with Crippen LogP contribution in [0.25, 0.3) is 0 Å². The van der Waals surface area contributed by atoms with E-state index in [4.69, 9.17) is 4.74 Å². The molecule has 0 aliphatic heterocycles. The topological polar surface area (TPSA) is 26.3 Å². The summed E-state index contributed by atoms with van der Waals surface area (Å²) in [5.41, 5.74) is 0.0687. The van der Waals surface area contributed by atoms with Gasteiger partial charge in [-0.3, -0.25) is 4.79 Å². The number of rotatable bonds is 8. The van der Waals surface area contributed by atoms with Gasteiger partial charge in [0.2, 0.25) is 0 Å². The van der Waals surface area contributed by atoms with Crippen molar-refractivity contribution in [1.82, 2.24) is 0 Å². The number of carbonyl (C=O) groups is 1. The molecule has 0 bridgehead atoms. The molecule has 0 aromatic rings. The summed E-state index contributed by atoms with van der Waals surface area (Å²) in [5, 5.41) is 0. The van der Waals surface area contributed by atoms with E-state index in [9.17, 15) is 4.79 Å². The molecule has 2 heteroatoms. The maximum atomic E-state index is 13.8. The number of hydrogen-bond acceptors (Lipinski definition) is 2. The van der Waals surface area contributed by atoms with Gasteiger partial charge in [-0.1, -0.05) is 78.1 Å². The first kappa shape index (κ1) is 22.2. The zero-order chi connectivity index (χ0) is 19.9. The van der Waals surface area contributed by atoms with E-state index in [0.29, 0.717) is 0 Å². The second-order valence-corrected chi connectivity index (χ2v) is 10.4. The van der Waals surface area contributed by atoms with Gasteiger partial charge in [-0.2, -0.15) is 0 Å². The van der Waals surface area contributed by atoms with Crippen LogP contribution in [0.4, 0.5) is 0 Å². The van der Waals surface area contributed by atoms with Crippen LogP contribution < -0.4 is 0 Å². The van der Waals surface area contributed by atoms with Crippen LogP contribution in [0.3, 0.4) is 0 Å². The Balaban J connectivity index is 1.73. The van der Waals surface area contributed by atoms with Gasteiger partial charge in [0.25, 0.3) is 0 Å². The Morgan fingerprint density at radius 2 is 1.43 bits per heavy atom. The Bertz CT molecular complexity index is 463. The fraction of sp³-hybridized carbons (Fsp3) is 0.962. The highest BCUT2D eigenvalue weighted by atomic mass is 16.5. The molecule has 0 aromatic heterocycles. The summed E-state index contributed by atoms with van der Waals surface area (Å²) in [7, 11) is 0. The fourth-order valence-electron chi connectivity index (χ4n) is 7.03. The van der Waals surface area contributed by atoms with Crippen LogP contribution in [-0.2, 0) is 9.53 Å². The maximum absolute atomic E-state index is 13.8. The van der Waals surface area contributed by atoms with Gasteiger partial charge in [0, 0.05) is 0 Å². The Hall–Kier alpha value is -0.530. The number of unbranched alkanes of at least 4 members (excludes halogenated alkanes) is 1. The summed E-state index contributed by atoms with van der Waals surface area (Å²) in [5.74, 6) is 1.10. The first-order valence-electron chi connectivity index (χ1n) is 12.9. The van der Waals surface area contributed by atoms with Crippen molar-refractivity contribution in [3.8, 4) is 0 Å². The molecule has 0 spiro atoms. The van der Waals surface area contributed by atoms with Gasteiger partial charge in [-0.15, -0.1) is 0 Å². The van der Waals surface area contributed by atoms with Gasteiger partial charge in [-0.25, -0.2) is 0 Å². The van der Waals surface area contributed by atoms with Gasteiger partial charge in [0.05, 0.1) is 5.41 Å². The lowest BCUT2D eigenvalue weighted by molar-refractivity contribution is -0.181. The number of hydrogen-bond donors (Lipinski definition) is 0. The van der Waals surface area contributed by atoms with Crippen LogP contribution in [0.1, 0.15) is 136 Å². The number of ether oxygens (including phenoxy) is 1. The Kier molecular flexibility index (Phi) is 8.30. The average Bonchev–Trinajstić information content (AvgIpc) is 2.75. The van der Waals surface area contributed by atoms with Gasteiger partial charge < -0.3 is 4.74 Å². The van der Waals surface area contributed by atoms with Crippen LogP contribution in [0.5, 0.6) is 0 Å². The van der Waals surface area contributed by atoms with Crippen LogP contribution in [0.15, 0.2) is 0 Å². The van der Waals surface area contributed by atoms with Gasteiger partial charge in [0.1, 0.15) is 6.10 Å². The van der Waals surface area contributed by atoms with E-state index < -0.39 is 0 Å². The van der Waals surface area contributed by atoms with Crippen molar-refractivity contribution in [3.05, 3.63) is 0 Å². The van der Waals surface area contributed by atoms with Crippen LogP contribution >= 0.6 is 0 Å². The lowest BCUT2D eigenvalue weighted by atomic mass is 9.50. The lowest BCUT2D eigenvalue weighted by Crippen LogP contribution is -2.52. The molecular weight excluding hydrogens is 344 g/mol. The molecule has 0 amide bonds. The molecule has 0 heterocycles. The molecule has 162 valence electrons. The van der Waals surface area contributed by atoms with Crippen molar-refractivity contribution in [2.75, 3.05) is 0 Å². The van der Waals surface area contributed by atoms with Crippen molar-refractivity contribution in [1.29, 1.82) is 0 Å². The zero-order valence-corrected chi connectivity index (χ0v) is 18.9. The minimum atomic E-state index is -0.166. The molecule has 3 saturated carbocycles. The number of esters is 1. The van der Waals surface area contributed by atoms with E-state index in [1.54, 1.807) is 0 Å². The summed E-state index contributed by atoms with van der Waals surface area (Å²) < 4.78 is 6.38. The second-order valence-electron chi connectivity index (χ2n) is 10.4. The van der Waals surface area contributed by atoms with E-state index in [1.165, 1.54) is 96.3 Å². The Morgan fingerprint density at radius 1 is 0.821 bits per heavy atom. The van der Waals surface area contributed by atoms with Gasteiger partial charge >= 0.3 is 5.97 Å². The SMILES string of the molecule is CCCCC1(C2(C(=O)O[C@H]3CC[C@H](CCC)CC3)CCCCC2)CCCCC1. The van der Waals surface area contributed by atoms with Crippen molar-refractivity contribution in [2.45, 2.75) is 142 Å². The minimum Gasteiger partial charge on any atom is -0.462 e. The monoisotopic (exact) mass is 390 g/mol. The van der Waals surface area contributed by atoms with E-state index in [2.05, 4.69) is 13.8 Å². The minimum absolute atomic E-state index is 0.166. The van der Waals surface area contributed by atoms with Crippen molar-refractivity contribution in [2.24, 2.45) is 16.7 Å². The summed E-state index contributed by atoms with van der Waals surface area (Å²) in [6, 6.07) is 0. The second kappa shape index (κ2) is 10.5. The molecule has 3 aliphatic carbocycles. The van der Waals surface area contributed by atoms with E-state index in [0.717, 1.165) is 31.6 Å². The highest BCUT2D eigenvalue weighted by Gasteiger charge is 2.56. The predicted octanol–water partition coefficient (Wildman–Crippen LogP) is 7.98. The molecule has 0 N–H and O–H groups in total. The third kappa shape index (κ3) is 4.78. The molecule has 3 rings (SSSR count). The van der Waals surface area contributed by atoms with Crippen molar-refractivity contribution in [3.63, 3.8) is 0 Å². The summed E-state index contributed by atoms with van der Waals surface area (Å²) in [6.45, 7) is 4.59.